The van der Waals surface area contributed by atoms with Gasteiger partial charge < -0.3 is 4.74 Å². The smallest absolute Gasteiger partial charge is 0.216 e. The Morgan fingerprint density at radius 2 is 1.80 bits per heavy atom. The van der Waals surface area contributed by atoms with E-state index in [0.717, 1.165) is 18.1 Å². The van der Waals surface area contributed by atoms with Gasteiger partial charge in [0.25, 0.3) is 0 Å². The summed E-state index contributed by atoms with van der Waals surface area (Å²) in [4.78, 5) is 4.78. The van der Waals surface area contributed by atoms with Gasteiger partial charge in [0, 0.05) is 5.56 Å². The van der Waals surface area contributed by atoms with E-state index in [1.807, 2.05) is 18.2 Å². The molecule has 1 fully saturated rings. The Bertz CT molecular complexity index is 377. The van der Waals surface area contributed by atoms with Gasteiger partial charge in [0.1, 0.15) is 6.61 Å². The van der Waals surface area contributed by atoms with Crippen molar-refractivity contribution in [2.45, 2.75) is 31.2 Å². The Morgan fingerprint density at radius 1 is 1.07 bits per heavy atom. The molecule has 0 unspecified atom stereocenters. The van der Waals surface area contributed by atoms with Crippen molar-refractivity contribution in [2.24, 2.45) is 4.99 Å². The fourth-order valence-corrected chi connectivity index (χ4v) is 2.50. The number of rotatable bonds is 1. The summed E-state index contributed by atoms with van der Waals surface area (Å²) in [6, 6.07) is 10.2. The Morgan fingerprint density at radius 3 is 2.53 bits per heavy atom. The summed E-state index contributed by atoms with van der Waals surface area (Å²) in [5.74, 6) is 0.845. The van der Waals surface area contributed by atoms with E-state index in [4.69, 9.17) is 9.73 Å². The molecule has 1 aliphatic carbocycles. The lowest BCUT2D eigenvalue weighted by Gasteiger charge is -2.14. The molecule has 78 valence electrons. The molecule has 2 nitrogen and oxygen atoms in total. The molecule has 2 aliphatic rings. The Balaban J connectivity index is 1.90. The minimum Gasteiger partial charge on any atom is -0.475 e. The van der Waals surface area contributed by atoms with E-state index < -0.39 is 0 Å². The predicted octanol–water partition coefficient (Wildman–Crippen LogP) is 2.78. The molecule has 0 bridgehead atoms. The lowest BCUT2D eigenvalue weighted by Crippen LogP contribution is -2.22. The van der Waals surface area contributed by atoms with Gasteiger partial charge in [0.15, 0.2) is 0 Å². The molecule has 1 aromatic carbocycles. The van der Waals surface area contributed by atoms with Crippen LogP contribution in [0.25, 0.3) is 0 Å². The zero-order chi connectivity index (χ0) is 10.1. The highest BCUT2D eigenvalue weighted by Gasteiger charge is 2.39. The molecular formula is C13H15NO. The van der Waals surface area contributed by atoms with Crippen molar-refractivity contribution in [3.05, 3.63) is 35.9 Å². The Labute approximate surface area is 90.0 Å². The van der Waals surface area contributed by atoms with Crippen LogP contribution in [0.4, 0.5) is 0 Å². The fourth-order valence-electron chi connectivity index (χ4n) is 2.50. The van der Waals surface area contributed by atoms with Crippen molar-refractivity contribution in [3.8, 4) is 0 Å². The highest BCUT2D eigenvalue weighted by molar-refractivity contribution is 5.95. The number of hydrogen-bond acceptors (Lipinski definition) is 2. The van der Waals surface area contributed by atoms with Gasteiger partial charge in [0.2, 0.25) is 5.90 Å². The molecule has 1 aromatic rings. The number of nitrogens with zero attached hydrogens (tertiary/aromatic N) is 1. The van der Waals surface area contributed by atoms with Crippen LogP contribution in [0.15, 0.2) is 35.3 Å². The maximum atomic E-state index is 5.73. The maximum Gasteiger partial charge on any atom is 0.216 e. The minimum absolute atomic E-state index is 0.130. The molecule has 0 saturated heterocycles. The average molecular weight is 201 g/mol. The van der Waals surface area contributed by atoms with Crippen LogP contribution < -0.4 is 0 Å². The molecule has 2 heteroatoms. The molecule has 0 amide bonds. The van der Waals surface area contributed by atoms with Crippen LogP contribution in [-0.4, -0.2) is 18.0 Å². The van der Waals surface area contributed by atoms with E-state index in [1.54, 1.807) is 0 Å². The standard InChI is InChI=1S/C13H15NO/c1-2-6-11(7-3-1)12-14-13(10-15-12)8-4-5-9-13/h1-3,6-7H,4-5,8-10H2. The van der Waals surface area contributed by atoms with Crippen LogP contribution in [0.1, 0.15) is 31.2 Å². The van der Waals surface area contributed by atoms with Crippen molar-refractivity contribution >= 4 is 5.90 Å². The van der Waals surface area contributed by atoms with Gasteiger partial charge in [-0.15, -0.1) is 0 Å². The summed E-state index contributed by atoms with van der Waals surface area (Å²) in [6.45, 7) is 0.789. The average Bonchev–Trinajstić information content (AvgIpc) is 2.91. The number of ether oxygens (including phenoxy) is 1. The molecule has 0 radical (unpaired) electrons. The molecule has 3 rings (SSSR count). The first kappa shape index (κ1) is 8.96. The third-order valence-electron chi connectivity index (χ3n) is 3.37. The number of hydrogen-bond donors (Lipinski definition) is 0. The van der Waals surface area contributed by atoms with Gasteiger partial charge in [-0.25, -0.2) is 4.99 Å². The quantitative estimate of drug-likeness (QED) is 0.684. The van der Waals surface area contributed by atoms with Crippen LogP contribution in [0.2, 0.25) is 0 Å². The fraction of sp³-hybridized carbons (Fsp3) is 0.462. The topological polar surface area (TPSA) is 21.6 Å². The molecule has 1 saturated carbocycles. The molecule has 1 aliphatic heterocycles. The highest BCUT2D eigenvalue weighted by Crippen LogP contribution is 2.37. The molecule has 0 N–H and O–H groups in total. The van der Waals surface area contributed by atoms with Crippen LogP contribution in [0.5, 0.6) is 0 Å². The molecule has 15 heavy (non-hydrogen) atoms. The highest BCUT2D eigenvalue weighted by atomic mass is 16.5. The zero-order valence-corrected chi connectivity index (χ0v) is 8.78. The van der Waals surface area contributed by atoms with E-state index in [1.165, 1.54) is 25.7 Å². The second-order valence-electron chi connectivity index (χ2n) is 4.50. The predicted molar refractivity (Wildman–Crippen MR) is 60.1 cm³/mol. The summed E-state index contributed by atoms with van der Waals surface area (Å²) in [7, 11) is 0. The van der Waals surface area contributed by atoms with Gasteiger partial charge in [-0.3, -0.25) is 0 Å². The maximum absolute atomic E-state index is 5.73. The third-order valence-corrected chi connectivity index (χ3v) is 3.37. The van der Waals surface area contributed by atoms with Crippen LogP contribution >= 0.6 is 0 Å². The SMILES string of the molecule is c1ccc(C2=NC3(CCCC3)CO2)cc1. The normalized spacial score (nSPS) is 22.8. The first-order chi connectivity index (χ1) is 7.38. The van der Waals surface area contributed by atoms with E-state index in [-0.39, 0.29) is 5.54 Å². The minimum atomic E-state index is 0.130. The molecule has 1 spiro atoms. The van der Waals surface area contributed by atoms with Crippen molar-refractivity contribution in [1.29, 1.82) is 0 Å². The van der Waals surface area contributed by atoms with E-state index >= 15 is 0 Å². The van der Waals surface area contributed by atoms with Crippen molar-refractivity contribution < 1.29 is 4.74 Å². The summed E-state index contributed by atoms with van der Waals surface area (Å²) >= 11 is 0. The zero-order valence-electron chi connectivity index (χ0n) is 8.78. The molecular weight excluding hydrogens is 186 g/mol. The van der Waals surface area contributed by atoms with Gasteiger partial charge in [-0.05, 0) is 25.0 Å². The molecule has 1 heterocycles. The Hall–Kier alpha value is -1.31. The van der Waals surface area contributed by atoms with Gasteiger partial charge in [0.05, 0.1) is 5.54 Å². The monoisotopic (exact) mass is 201 g/mol. The van der Waals surface area contributed by atoms with Crippen LogP contribution in [0, 0.1) is 0 Å². The van der Waals surface area contributed by atoms with E-state index in [2.05, 4.69) is 12.1 Å². The van der Waals surface area contributed by atoms with Gasteiger partial charge in [-0.1, -0.05) is 31.0 Å². The van der Waals surface area contributed by atoms with Gasteiger partial charge >= 0.3 is 0 Å². The Kier molecular flexibility index (Phi) is 2.01. The number of aliphatic imine (C=N–C) groups is 1. The van der Waals surface area contributed by atoms with Crippen LogP contribution in [-0.2, 0) is 4.74 Å². The largest absolute Gasteiger partial charge is 0.475 e. The van der Waals surface area contributed by atoms with Crippen LogP contribution in [0.3, 0.4) is 0 Å². The summed E-state index contributed by atoms with van der Waals surface area (Å²) in [5.41, 5.74) is 1.24. The molecule has 0 atom stereocenters. The summed E-state index contributed by atoms with van der Waals surface area (Å²) < 4.78 is 5.73. The third kappa shape index (κ3) is 1.54. The van der Waals surface area contributed by atoms with E-state index in [0.29, 0.717) is 0 Å². The summed E-state index contributed by atoms with van der Waals surface area (Å²) in [6.07, 6.45) is 5.00. The first-order valence-corrected chi connectivity index (χ1v) is 5.66. The van der Waals surface area contributed by atoms with Gasteiger partial charge in [-0.2, -0.15) is 0 Å². The van der Waals surface area contributed by atoms with E-state index in [9.17, 15) is 0 Å². The van der Waals surface area contributed by atoms with Crippen molar-refractivity contribution in [3.63, 3.8) is 0 Å². The lowest BCUT2D eigenvalue weighted by molar-refractivity contribution is 0.258. The number of benzene rings is 1. The lowest BCUT2D eigenvalue weighted by atomic mass is 10.0. The second-order valence-corrected chi connectivity index (χ2v) is 4.50. The summed E-state index contributed by atoms with van der Waals surface area (Å²) in [5, 5.41) is 0. The molecule has 0 aromatic heterocycles. The first-order valence-electron chi connectivity index (χ1n) is 5.66. The van der Waals surface area contributed by atoms with Crippen molar-refractivity contribution in [2.75, 3.05) is 6.61 Å². The van der Waals surface area contributed by atoms with Crippen molar-refractivity contribution in [1.82, 2.24) is 0 Å². The second kappa shape index (κ2) is 3.37.